The van der Waals surface area contributed by atoms with E-state index >= 15 is 0 Å². The summed E-state index contributed by atoms with van der Waals surface area (Å²) in [6.07, 6.45) is 4.09. The highest BCUT2D eigenvalue weighted by Gasteiger charge is 2.39. The topological polar surface area (TPSA) is 38.5 Å². The van der Waals surface area contributed by atoms with Crippen molar-refractivity contribution in [2.75, 3.05) is 26.3 Å². The molecule has 3 nitrogen and oxygen atoms in total. The van der Waals surface area contributed by atoms with Crippen molar-refractivity contribution in [3.05, 3.63) is 0 Å². The van der Waals surface area contributed by atoms with Gasteiger partial charge in [0.25, 0.3) is 0 Å². The minimum absolute atomic E-state index is 0.199. The molecule has 0 bridgehead atoms. The van der Waals surface area contributed by atoms with E-state index in [-0.39, 0.29) is 5.54 Å². The molecule has 2 fully saturated rings. The molecule has 88 valence electrons. The van der Waals surface area contributed by atoms with Crippen LogP contribution in [0.15, 0.2) is 0 Å². The number of ether oxygens (including phenoxy) is 1. The van der Waals surface area contributed by atoms with Crippen molar-refractivity contribution in [3.8, 4) is 0 Å². The molecule has 2 rings (SSSR count). The Balaban J connectivity index is 2.01. The van der Waals surface area contributed by atoms with Crippen molar-refractivity contribution in [3.63, 3.8) is 0 Å². The fourth-order valence-corrected chi connectivity index (χ4v) is 2.79. The Hall–Kier alpha value is -0.120. The molecule has 1 heterocycles. The number of rotatable bonds is 4. The summed E-state index contributed by atoms with van der Waals surface area (Å²) in [5.41, 5.74) is 6.19. The molecule has 2 atom stereocenters. The third-order valence-corrected chi connectivity index (χ3v) is 3.93. The van der Waals surface area contributed by atoms with Crippen molar-refractivity contribution < 1.29 is 4.74 Å². The fourth-order valence-electron chi connectivity index (χ4n) is 2.79. The predicted molar refractivity (Wildman–Crippen MR) is 61.8 cm³/mol. The Kier molecular flexibility index (Phi) is 3.33. The van der Waals surface area contributed by atoms with E-state index in [1.807, 2.05) is 0 Å². The Morgan fingerprint density at radius 3 is 2.73 bits per heavy atom. The molecule has 15 heavy (non-hydrogen) atoms. The summed E-state index contributed by atoms with van der Waals surface area (Å²) < 4.78 is 5.49. The molecule has 0 aromatic heterocycles. The smallest absolute Gasteiger partial charge is 0.0620 e. The number of nitrogens with two attached hydrogens (primary N) is 1. The van der Waals surface area contributed by atoms with Gasteiger partial charge in [0.05, 0.1) is 13.2 Å². The van der Waals surface area contributed by atoms with E-state index in [0.29, 0.717) is 6.04 Å². The van der Waals surface area contributed by atoms with E-state index in [2.05, 4.69) is 18.7 Å². The van der Waals surface area contributed by atoms with Gasteiger partial charge in [0.1, 0.15) is 0 Å². The molecule has 0 aromatic carbocycles. The summed E-state index contributed by atoms with van der Waals surface area (Å²) in [5, 5.41) is 0. The van der Waals surface area contributed by atoms with Crippen LogP contribution in [0, 0.1) is 5.92 Å². The van der Waals surface area contributed by atoms with Crippen molar-refractivity contribution >= 4 is 0 Å². The van der Waals surface area contributed by atoms with Crippen molar-refractivity contribution in [1.29, 1.82) is 0 Å². The quantitative estimate of drug-likeness (QED) is 0.761. The maximum atomic E-state index is 5.99. The average molecular weight is 212 g/mol. The second kappa shape index (κ2) is 4.40. The standard InChI is InChI=1S/C12H24N2O/c1-10-8-15-6-5-14(10)12(2,9-13)7-11-3-4-11/h10-11H,3-9,13H2,1-2H3. The van der Waals surface area contributed by atoms with Crippen LogP contribution < -0.4 is 5.73 Å². The van der Waals surface area contributed by atoms with E-state index in [9.17, 15) is 0 Å². The highest BCUT2D eigenvalue weighted by atomic mass is 16.5. The van der Waals surface area contributed by atoms with Crippen LogP contribution in [-0.4, -0.2) is 42.8 Å². The van der Waals surface area contributed by atoms with Gasteiger partial charge in [-0.1, -0.05) is 12.8 Å². The van der Waals surface area contributed by atoms with Gasteiger partial charge in [-0.2, -0.15) is 0 Å². The molecule has 2 N–H and O–H groups in total. The molecule has 3 heteroatoms. The largest absolute Gasteiger partial charge is 0.379 e. The third-order valence-electron chi connectivity index (χ3n) is 3.93. The summed E-state index contributed by atoms with van der Waals surface area (Å²) in [7, 11) is 0. The second-order valence-electron chi connectivity index (χ2n) is 5.47. The van der Waals surface area contributed by atoms with Crippen LogP contribution in [-0.2, 0) is 4.74 Å². The first-order valence-corrected chi connectivity index (χ1v) is 6.20. The number of morpholine rings is 1. The van der Waals surface area contributed by atoms with Crippen LogP contribution in [0.4, 0.5) is 0 Å². The van der Waals surface area contributed by atoms with Gasteiger partial charge in [0.2, 0.25) is 0 Å². The van der Waals surface area contributed by atoms with Gasteiger partial charge in [-0.25, -0.2) is 0 Å². The van der Waals surface area contributed by atoms with Gasteiger partial charge >= 0.3 is 0 Å². The number of hydrogen-bond acceptors (Lipinski definition) is 3. The molecular formula is C12H24N2O. The predicted octanol–water partition coefficient (Wildman–Crippen LogP) is 1.22. The second-order valence-corrected chi connectivity index (χ2v) is 5.47. The number of nitrogens with zero attached hydrogens (tertiary/aromatic N) is 1. The summed E-state index contributed by atoms with van der Waals surface area (Å²) in [5.74, 6) is 0.939. The van der Waals surface area contributed by atoms with Crippen LogP contribution >= 0.6 is 0 Å². The lowest BCUT2D eigenvalue weighted by Gasteiger charge is -2.46. The Bertz CT molecular complexity index is 218. The molecular weight excluding hydrogens is 188 g/mol. The lowest BCUT2D eigenvalue weighted by Crippen LogP contribution is -2.59. The van der Waals surface area contributed by atoms with E-state index in [1.165, 1.54) is 19.3 Å². The zero-order chi connectivity index (χ0) is 10.9. The third kappa shape index (κ3) is 2.52. The molecule has 1 saturated heterocycles. The summed E-state index contributed by atoms with van der Waals surface area (Å²) in [6.45, 7) is 8.12. The molecule has 2 aliphatic rings. The highest BCUT2D eigenvalue weighted by Crippen LogP contribution is 2.39. The molecule has 1 aliphatic carbocycles. The minimum Gasteiger partial charge on any atom is -0.379 e. The molecule has 1 saturated carbocycles. The highest BCUT2D eigenvalue weighted by molar-refractivity contribution is 4.95. The first-order chi connectivity index (χ1) is 7.15. The Morgan fingerprint density at radius 1 is 1.47 bits per heavy atom. The SMILES string of the molecule is CC1COCCN1C(C)(CN)CC1CC1. The Labute approximate surface area is 93.0 Å². The summed E-state index contributed by atoms with van der Waals surface area (Å²) >= 11 is 0. The molecule has 1 aliphatic heterocycles. The van der Waals surface area contributed by atoms with Crippen molar-refractivity contribution in [1.82, 2.24) is 4.90 Å². The maximum Gasteiger partial charge on any atom is 0.0620 e. The van der Waals surface area contributed by atoms with Gasteiger partial charge in [0.15, 0.2) is 0 Å². The van der Waals surface area contributed by atoms with Crippen LogP contribution in [0.1, 0.15) is 33.1 Å². The van der Waals surface area contributed by atoms with Crippen molar-refractivity contribution in [2.45, 2.75) is 44.7 Å². The number of hydrogen-bond donors (Lipinski definition) is 1. The molecule has 0 amide bonds. The summed E-state index contributed by atoms with van der Waals surface area (Å²) in [4.78, 5) is 2.56. The van der Waals surface area contributed by atoms with Gasteiger partial charge in [0, 0.05) is 24.7 Å². The first-order valence-electron chi connectivity index (χ1n) is 6.20. The van der Waals surface area contributed by atoms with Crippen molar-refractivity contribution in [2.24, 2.45) is 11.7 Å². The molecule has 0 radical (unpaired) electrons. The van der Waals surface area contributed by atoms with Crippen LogP contribution in [0.5, 0.6) is 0 Å². The van der Waals surface area contributed by atoms with Gasteiger partial charge in [-0.05, 0) is 26.2 Å². The van der Waals surface area contributed by atoms with Gasteiger partial charge in [-0.3, -0.25) is 4.90 Å². The van der Waals surface area contributed by atoms with Gasteiger partial charge < -0.3 is 10.5 Å². The zero-order valence-corrected chi connectivity index (χ0v) is 10.0. The fraction of sp³-hybridized carbons (Fsp3) is 1.00. The lowest BCUT2D eigenvalue weighted by molar-refractivity contribution is -0.0548. The zero-order valence-electron chi connectivity index (χ0n) is 10.0. The van der Waals surface area contributed by atoms with E-state index < -0.39 is 0 Å². The molecule has 0 spiro atoms. The average Bonchev–Trinajstić information content (AvgIpc) is 3.02. The van der Waals surface area contributed by atoms with Gasteiger partial charge in [-0.15, -0.1) is 0 Å². The normalized spacial score (nSPS) is 32.6. The Morgan fingerprint density at radius 2 is 2.20 bits per heavy atom. The minimum atomic E-state index is 0.199. The first kappa shape index (κ1) is 11.4. The van der Waals surface area contributed by atoms with Crippen LogP contribution in [0.3, 0.4) is 0 Å². The van der Waals surface area contributed by atoms with E-state index in [4.69, 9.17) is 10.5 Å². The molecule has 0 aromatic rings. The monoisotopic (exact) mass is 212 g/mol. The van der Waals surface area contributed by atoms with Crippen LogP contribution in [0.2, 0.25) is 0 Å². The maximum absolute atomic E-state index is 5.99. The van der Waals surface area contributed by atoms with E-state index in [1.54, 1.807) is 0 Å². The lowest BCUT2D eigenvalue weighted by atomic mass is 9.90. The van der Waals surface area contributed by atoms with E-state index in [0.717, 1.165) is 32.2 Å². The molecule has 2 unspecified atom stereocenters. The summed E-state index contributed by atoms with van der Waals surface area (Å²) in [6, 6.07) is 0.519. The van der Waals surface area contributed by atoms with Crippen LogP contribution in [0.25, 0.3) is 0 Å².